The number of carbonyl (C=O) groups is 1. The van der Waals surface area contributed by atoms with Crippen LogP contribution in [0.15, 0.2) is 47.8 Å². The van der Waals surface area contributed by atoms with E-state index in [9.17, 15) is 4.79 Å². The van der Waals surface area contributed by atoms with Gasteiger partial charge in [0.05, 0.1) is 19.9 Å². The molecular formula is C26H33N3O3S. The fourth-order valence-corrected chi connectivity index (χ4v) is 4.59. The molecule has 0 bridgehead atoms. The Hall–Kier alpha value is -2.90. The molecule has 3 rings (SSSR count). The average molecular weight is 468 g/mol. The number of ether oxygens (including phenoxy) is 2. The zero-order valence-corrected chi connectivity index (χ0v) is 20.9. The predicted molar refractivity (Wildman–Crippen MR) is 136 cm³/mol. The van der Waals surface area contributed by atoms with Crippen LogP contribution in [0.1, 0.15) is 36.2 Å². The first-order chi connectivity index (χ1) is 16.0. The molecule has 0 aliphatic carbocycles. The molecule has 1 amide bonds. The Morgan fingerprint density at radius 3 is 2.48 bits per heavy atom. The molecule has 0 aliphatic rings. The maximum Gasteiger partial charge on any atom is 0.260 e. The largest absolute Gasteiger partial charge is 0.497 e. The molecule has 6 nitrogen and oxygen atoms in total. The summed E-state index contributed by atoms with van der Waals surface area (Å²) in [4.78, 5) is 22.5. The molecule has 176 valence electrons. The number of aryl methyl sites for hydroxylation is 1. The number of nitrogens with zero attached hydrogens (tertiary/aromatic N) is 3. The van der Waals surface area contributed by atoms with Crippen molar-refractivity contribution >= 4 is 22.4 Å². The second-order valence-electron chi connectivity index (χ2n) is 7.79. The summed E-state index contributed by atoms with van der Waals surface area (Å²) in [5, 5.41) is 2.65. The fourth-order valence-electron chi connectivity index (χ4n) is 3.74. The maximum atomic E-state index is 13.5. The smallest absolute Gasteiger partial charge is 0.260 e. The number of rotatable bonds is 11. The number of anilines is 1. The second-order valence-corrected chi connectivity index (χ2v) is 8.62. The van der Waals surface area contributed by atoms with Gasteiger partial charge in [-0.2, -0.15) is 0 Å². The van der Waals surface area contributed by atoms with E-state index in [2.05, 4.69) is 18.7 Å². The van der Waals surface area contributed by atoms with Crippen LogP contribution in [0.3, 0.4) is 0 Å². The van der Waals surface area contributed by atoms with Crippen LogP contribution in [0.4, 0.5) is 5.13 Å². The number of hydrogen-bond donors (Lipinski definition) is 0. The number of carbonyl (C=O) groups excluding carboxylic acids is 1. The van der Waals surface area contributed by atoms with Gasteiger partial charge in [-0.15, -0.1) is 11.3 Å². The molecule has 0 spiro atoms. The van der Waals surface area contributed by atoms with Crippen molar-refractivity contribution in [2.24, 2.45) is 0 Å². The van der Waals surface area contributed by atoms with Crippen LogP contribution in [0.2, 0.25) is 0 Å². The zero-order valence-electron chi connectivity index (χ0n) is 20.1. The lowest BCUT2D eigenvalue weighted by molar-refractivity contribution is 0.0985. The molecule has 1 heterocycles. The molecule has 1 aromatic heterocycles. The molecule has 0 aliphatic heterocycles. The monoisotopic (exact) mass is 467 g/mol. The van der Waals surface area contributed by atoms with Crippen LogP contribution in [0.25, 0.3) is 11.3 Å². The summed E-state index contributed by atoms with van der Waals surface area (Å²) in [6.45, 7) is 9.86. The molecule has 33 heavy (non-hydrogen) atoms. The number of methoxy groups -OCH3 is 2. The predicted octanol–water partition coefficient (Wildman–Crippen LogP) is 5.51. The minimum atomic E-state index is -0.0308. The lowest BCUT2D eigenvalue weighted by atomic mass is 10.1. The summed E-state index contributed by atoms with van der Waals surface area (Å²) in [5.74, 6) is 1.41. The Morgan fingerprint density at radius 2 is 1.82 bits per heavy atom. The van der Waals surface area contributed by atoms with E-state index in [0.717, 1.165) is 48.6 Å². The van der Waals surface area contributed by atoms with Crippen molar-refractivity contribution in [1.29, 1.82) is 0 Å². The molecule has 0 saturated carbocycles. The molecular weight excluding hydrogens is 434 g/mol. The fraction of sp³-hybridized carbons (Fsp3) is 0.385. The molecule has 0 fully saturated rings. The first-order valence-corrected chi connectivity index (χ1v) is 12.2. The zero-order chi connectivity index (χ0) is 23.8. The van der Waals surface area contributed by atoms with E-state index in [0.29, 0.717) is 23.0 Å². The van der Waals surface area contributed by atoms with Crippen LogP contribution in [-0.2, 0) is 0 Å². The Kier molecular flexibility index (Phi) is 8.86. The lowest BCUT2D eigenvalue weighted by Gasteiger charge is -2.23. The van der Waals surface area contributed by atoms with Gasteiger partial charge in [0.25, 0.3) is 5.91 Å². The summed E-state index contributed by atoms with van der Waals surface area (Å²) in [7, 11) is 3.27. The number of aromatic nitrogens is 1. The molecule has 3 aromatic rings. The molecule has 0 N–H and O–H groups in total. The first-order valence-electron chi connectivity index (χ1n) is 11.3. The highest BCUT2D eigenvalue weighted by Gasteiger charge is 2.22. The summed E-state index contributed by atoms with van der Waals surface area (Å²) < 4.78 is 10.9. The summed E-state index contributed by atoms with van der Waals surface area (Å²) >= 11 is 1.47. The summed E-state index contributed by atoms with van der Waals surface area (Å²) in [6.07, 6.45) is 0.872. The van der Waals surface area contributed by atoms with E-state index in [1.165, 1.54) is 11.3 Å². The average Bonchev–Trinajstić information content (AvgIpc) is 3.33. The van der Waals surface area contributed by atoms with Crippen molar-refractivity contribution in [3.8, 4) is 22.8 Å². The van der Waals surface area contributed by atoms with Crippen molar-refractivity contribution in [1.82, 2.24) is 9.88 Å². The molecule has 7 heteroatoms. The lowest BCUT2D eigenvalue weighted by Crippen LogP contribution is -2.34. The van der Waals surface area contributed by atoms with E-state index >= 15 is 0 Å². The van der Waals surface area contributed by atoms with Crippen LogP contribution >= 0.6 is 11.3 Å². The van der Waals surface area contributed by atoms with Gasteiger partial charge in [0.1, 0.15) is 11.5 Å². The van der Waals surface area contributed by atoms with Gasteiger partial charge in [-0.1, -0.05) is 31.5 Å². The number of thiazole rings is 1. The topological polar surface area (TPSA) is 54.9 Å². The van der Waals surface area contributed by atoms with E-state index < -0.39 is 0 Å². The molecule has 0 atom stereocenters. The third-order valence-corrected chi connectivity index (χ3v) is 6.53. The van der Waals surface area contributed by atoms with E-state index in [4.69, 9.17) is 14.5 Å². The number of amides is 1. The molecule has 0 radical (unpaired) electrons. The van der Waals surface area contributed by atoms with Crippen LogP contribution in [0.5, 0.6) is 11.5 Å². The van der Waals surface area contributed by atoms with Crippen molar-refractivity contribution < 1.29 is 14.3 Å². The Balaban J connectivity index is 1.92. The van der Waals surface area contributed by atoms with Gasteiger partial charge in [0, 0.05) is 23.1 Å². The quantitative estimate of drug-likeness (QED) is 0.372. The summed E-state index contributed by atoms with van der Waals surface area (Å²) in [5.41, 5.74) is 3.33. The molecule has 0 unspecified atom stereocenters. The SMILES string of the molecule is CCN(CC)CCCN(C(=O)c1cccc(C)c1)c1nc(-c2cc(OC)ccc2OC)cs1. The second kappa shape index (κ2) is 11.8. The number of hydrogen-bond acceptors (Lipinski definition) is 6. The van der Waals surface area contributed by atoms with Crippen LogP contribution < -0.4 is 14.4 Å². The van der Waals surface area contributed by atoms with E-state index in [-0.39, 0.29) is 5.91 Å². The van der Waals surface area contributed by atoms with Crippen LogP contribution in [0, 0.1) is 6.92 Å². The van der Waals surface area contributed by atoms with Crippen molar-refractivity contribution in [3.05, 3.63) is 59.0 Å². The van der Waals surface area contributed by atoms with Gasteiger partial charge in [0.15, 0.2) is 5.13 Å². The van der Waals surface area contributed by atoms with Gasteiger partial charge in [-0.3, -0.25) is 9.69 Å². The highest BCUT2D eigenvalue weighted by Crippen LogP contribution is 2.36. The first kappa shape index (κ1) is 24.7. The molecule has 0 saturated heterocycles. The number of benzene rings is 2. The van der Waals surface area contributed by atoms with Gasteiger partial charge >= 0.3 is 0 Å². The van der Waals surface area contributed by atoms with Gasteiger partial charge < -0.3 is 14.4 Å². The third-order valence-electron chi connectivity index (χ3n) is 5.67. The summed E-state index contributed by atoms with van der Waals surface area (Å²) in [6, 6.07) is 13.4. The van der Waals surface area contributed by atoms with Crippen molar-refractivity contribution in [2.75, 3.05) is 45.3 Å². The van der Waals surface area contributed by atoms with Gasteiger partial charge in [-0.05, 0) is 63.3 Å². The highest BCUT2D eigenvalue weighted by atomic mass is 32.1. The minimum absolute atomic E-state index is 0.0308. The van der Waals surface area contributed by atoms with Crippen LogP contribution in [-0.4, -0.2) is 56.2 Å². The van der Waals surface area contributed by atoms with E-state index in [1.54, 1.807) is 19.1 Å². The van der Waals surface area contributed by atoms with E-state index in [1.807, 2.05) is 54.8 Å². The third kappa shape index (κ3) is 6.12. The minimum Gasteiger partial charge on any atom is -0.497 e. The normalized spacial score (nSPS) is 11.0. The Bertz CT molecular complexity index is 1060. The molecule has 2 aromatic carbocycles. The highest BCUT2D eigenvalue weighted by molar-refractivity contribution is 7.14. The maximum absolute atomic E-state index is 13.5. The Morgan fingerprint density at radius 1 is 1.03 bits per heavy atom. The van der Waals surface area contributed by atoms with Gasteiger partial charge in [-0.25, -0.2) is 4.98 Å². The van der Waals surface area contributed by atoms with Crippen molar-refractivity contribution in [3.63, 3.8) is 0 Å². The van der Waals surface area contributed by atoms with Crippen molar-refractivity contribution in [2.45, 2.75) is 27.2 Å². The van der Waals surface area contributed by atoms with Gasteiger partial charge in [0.2, 0.25) is 0 Å². The Labute approximate surface area is 200 Å². The standard InChI is InChI=1S/C26H33N3O3S/c1-6-28(7-2)14-9-15-29(25(30)20-11-8-10-19(3)16-20)26-27-23(18-33-26)22-17-21(31-4)12-13-24(22)32-5/h8,10-13,16-18H,6-7,9,14-15H2,1-5H3.